The van der Waals surface area contributed by atoms with Gasteiger partial charge in [0.2, 0.25) is 0 Å². The van der Waals surface area contributed by atoms with Crippen LogP contribution in [0.2, 0.25) is 5.02 Å². The summed E-state index contributed by atoms with van der Waals surface area (Å²) in [6, 6.07) is 1.63. The van der Waals surface area contributed by atoms with Gasteiger partial charge in [-0.05, 0) is 6.92 Å². The van der Waals surface area contributed by atoms with Crippen molar-refractivity contribution in [1.82, 2.24) is 4.90 Å². The van der Waals surface area contributed by atoms with Gasteiger partial charge in [-0.2, -0.15) is 0 Å². The van der Waals surface area contributed by atoms with Crippen molar-refractivity contribution in [2.45, 2.75) is 11.8 Å². The lowest BCUT2D eigenvalue weighted by Crippen LogP contribution is -2.26. The molecule has 10 heteroatoms. The third-order valence-corrected chi connectivity index (χ3v) is 4.41. The topological polar surface area (TPSA) is 97.6 Å². The molecule has 0 fully saturated rings. The highest BCUT2D eigenvalue weighted by atomic mass is 35.7. The maximum Gasteiger partial charge on any atom is 0.271 e. The zero-order valence-corrected chi connectivity index (χ0v) is 12.8. The van der Waals surface area contributed by atoms with Gasteiger partial charge in [-0.3, -0.25) is 14.9 Å². The average Bonchev–Trinajstić information content (AvgIpc) is 2.35. The van der Waals surface area contributed by atoms with Crippen LogP contribution in [0.5, 0.6) is 0 Å². The summed E-state index contributed by atoms with van der Waals surface area (Å²) >= 11 is 5.83. The Morgan fingerprint density at radius 3 is 2.40 bits per heavy atom. The second-order valence-electron chi connectivity index (χ2n) is 3.82. The van der Waals surface area contributed by atoms with Gasteiger partial charge in [0.25, 0.3) is 20.6 Å². The fourth-order valence-electron chi connectivity index (χ4n) is 1.37. The van der Waals surface area contributed by atoms with E-state index in [1.165, 1.54) is 11.9 Å². The van der Waals surface area contributed by atoms with Crippen molar-refractivity contribution in [1.29, 1.82) is 0 Å². The van der Waals surface area contributed by atoms with E-state index in [1.54, 1.807) is 6.92 Å². The van der Waals surface area contributed by atoms with E-state index in [2.05, 4.69) is 0 Å². The van der Waals surface area contributed by atoms with Crippen molar-refractivity contribution in [3.8, 4) is 0 Å². The third-order valence-electron chi connectivity index (χ3n) is 2.55. The first kappa shape index (κ1) is 16.7. The molecule has 0 bridgehead atoms. The maximum absolute atomic E-state index is 12.0. The molecule has 110 valence electrons. The quantitative estimate of drug-likeness (QED) is 0.475. The van der Waals surface area contributed by atoms with Crippen molar-refractivity contribution in [3.05, 3.63) is 32.8 Å². The first-order valence-corrected chi connectivity index (χ1v) is 7.96. The normalized spacial score (nSPS) is 11.2. The summed E-state index contributed by atoms with van der Waals surface area (Å²) in [5.41, 5.74) is -0.870. The molecule has 1 amide bonds. The molecule has 0 N–H and O–H groups in total. The Labute approximate surface area is 124 Å². The first-order valence-electron chi connectivity index (χ1n) is 5.27. The summed E-state index contributed by atoms with van der Waals surface area (Å²) < 4.78 is 22.8. The van der Waals surface area contributed by atoms with Crippen molar-refractivity contribution < 1.29 is 18.1 Å². The average molecular weight is 341 g/mol. The lowest BCUT2D eigenvalue weighted by atomic mass is 10.1. The fraction of sp³-hybridized carbons (Fsp3) is 0.300. The summed E-state index contributed by atoms with van der Waals surface area (Å²) in [6.45, 7) is 2.00. The first-order chi connectivity index (χ1) is 9.09. The van der Waals surface area contributed by atoms with Gasteiger partial charge in [-0.25, -0.2) is 8.42 Å². The molecule has 0 spiro atoms. The molecule has 0 radical (unpaired) electrons. The fourth-order valence-corrected chi connectivity index (χ4v) is 2.93. The molecule has 1 rings (SSSR count). The molecule has 0 atom stereocenters. The Morgan fingerprint density at radius 2 is 2.00 bits per heavy atom. The van der Waals surface area contributed by atoms with Gasteiger partial charge in [0.05, 0.1) is 15.5 Å². The molecule has 0 aliphatic carbocycles. The molecule has 0 saturated carbocycles. The summed E-state index contributed by atoms with van der Waals surface area (Å²) in [5, 5.41) is 10.4. The summed E-state index contributed by atoms with van der Waals surface area (Å²) in [4.78, 5) is 22.6. The van der Waals surface area contributed by atoms with Crippen LogP contribution in [0.4, 0.5) is 5.69 Å². The Bertz CT molecular complexity index is 674. The van der Waals surface area contributed by atoms with E-state index < -0.39 is 35.5 Å². The number of amides is 1. The zero-order valence-electron chi connectivity index (χ0n) is 10.5. The Balaban J connectivity index is 3.64. The molecular formula is C10H10Cl2N2O5S. The summed E-state index contributed by atoms with van der Waals surface area (Å²) in [7, 11) is 2.31. The van der Waals surface area contributed by atoms with E-state index in [-0.39, 0.29) is 5.56 Å². The van der Waals surface area contributed by atoms with Crippen LogP contribution in [0.3, 0.4) is 0 Å². The number of carbonyl (C=O) groups is 1. The highest BCUT2D eigenvalue weighted by Gasteiger charge is 2.27. The smallest absolute Gasteiger partial charge is 0.271 e. The van der Waals surface area contributed by atoms with Gasteiger partial charge in [-0.15, -0.1) is 0 Å². The molecule has 1 aromatic carbocycles. The monoisotopic (exact) mass is 340 g/mol. The minimum Gasteiger partial charge on any atom is -0.342 e. The van der Waals surface area contributed by atoms with Crippen molar-refractivity contribution in [2.24, 2.45) is 0 Å². The SMILES string of the molecule is CCN(C)C(=O)c1cc([N+](=O)[O-])cc(S(=O)(=O)Cl)c1Cl. The van der Waals surface area contributed by atoms with Crippen LogP contribution in [0, 0.1) is 10.1 Å². The predicted octanol–water partition coefficient (Wildman–Crippen LogP) is 2.27. The third kappa shape index (κ3) is 3.38. The number of halogens is 2. The van der Waals surface area contributed by atoms with Crippen LogP contribution >= 0.6 is 22.3 Å². The maximum atomic E-state index is 12.0. The van der Waals surface area contributed by atoms with E-state index in [0.29, 0.717) is 12.6 Å². The van der Waals surface area contributed by atoms with Crippen LogP contribution in [0.15, 0.2) is 17.0 Å². The van der Waals surface area contributed by atoms with Crippen LogP contribution in [-0.4, -0.2) is 37.7 Å². The number of rotatable bonds is 4. The molecule has 0 aliphatic rings. The van der Waals surface area contributed by atoms with Gasteiger partial charge < -0.3 is 4.90 Å². The van der Waals surface area contributed by atoms with Crippen LogP contribution in [0.25, 0.3) is 0 Å². The molecule has 0 aliphatic heterocycles. The summed E-state index contributed by atoms with van der Waals surface area (Å²) in [6.07, 6.45) is 0. The number of non-ortho nitro benzene ring substituents is 1. The lowest BCUT2D eigenvalue weighted by molar-refractivity contribution is -0.385. The number of nitro benzene ring substituents is 1. The Morgan fingerprint density at radius 1 is 1.45 bits per heavy atom. The standard InChI is InChI=1S/C10H10Cl2N2O5S/c1-3-13(2)10(15)7-4-6(14(16)17)5-8(9(7)11)20(12,18)19/h4-5H,3H2,1-2H3. The van der Waals surface area contributed by atoms with Crippen LogP contribution in [0.1, 0.15) is 17.3 Å². The van der Waals surface area contributed by atoms with E-state index in [4.69, 9.17) is 22.3 Å². The molecule has 1 aromatic rings. The van der Waals surface area contributed by atoms with Gasteiger partial charge in [0.15, 0.2) is 0 Å². The van der Waals surface area contributed by atoms with Gasteiger partial charge in [0, 0.05) is 36.4 Å². The van der Waals surface area contributed by atoms with E-state index in [1.807, 2.05) is 0 Å². The van der Waals surface area contributed by atoms with Crippen molar-refractivity contribution in [3.63, 3.8) is 0 Å². The van der Waals surface area contributed by atoms with E-state index in [0.717, 1.165) is 6.07 Å². The molecule has 20 heavy (non-hydrogen) atoms. The molecule has 0 aromatic heterocycles. The molecular weight excluding hydrogens is 331 g/mol. The number of carbonyl (C=O) groups excluding carboxylic acids is 1. The van der Waals surface area contributed by atoms with Gasteiger partial charge >= 0.3 is 0 Å². The number of hydrogen-bond acceptors (Lipinski definition) is 5. The van der Waals surface area contributed by atoms with Crippen molar-refractivity contribution in [2.75, 3.05) is 13.6 Å². The predicted molar refractivity (Wildman–Crippen MR) is 73.8 cm³/mol. The largest absolute Gasteiger partial charge is 0.342 e. The summed E-state index contributed by atoms with van der Waals surface area (Å²) in [5.74, 6) is -0.636. The lowest BCUT2D eigenvalue weighted by Gasteiger charge is -2.16. The van der Waals surface area contributed by atoms with Gasteiger partial charge in [-0.1, -0.05) is 11.6 Å². The molecule has 7 nitrogen and oxygen atoms in total. The highest BCUT2D eigenvalue weighted by Crippen LogP contribution is 2.33. The van der Waals surface area contributed by atoms with E-state index in [9.17, 15) is 23.3 Å². The molecule has 0 unspecified atom stereocenters. The second-order valence-corrected chi connectivity index (χ2v) is 6.73. The van der Waals surface area contributed by atoms with Crippen molar-refractivity contribution >= 4 is 42.9 Å². The number of hydrogen-bond donors (Lipinski definition) is 0. The minimum atomic E-state index is -4.31. The Hall–Kier alpha value is -1.38. The zero-order chi connectivity index (χ0) is 15.7. The van der Waals surface area contributed by atoms with E-state index >= 15 is 0 Å². The second kappa shape index (κ2) is 5.94. The van der Waals surface area contributed by atoms with Crippen LogP contribution in [-0.2, 0) is 9.05 Å². The minimum absolute atomic E-state index is 0.288. The van der Waals surface area contributed by atoms with Gasteiger partial charge in [0.1, 0.15) is 4.90 Å². The number of nitrogens with zero attached hydrogens (tertiary/aromatic N) is 2. The molecule has 0 saturated heterocycles. The number of benzene rings is 1. The number of nitro groups is 1. The van der Waals surface area contributed by atoms with Crippen LogP contribution < -0.4 is 0 Å². The Kier molecular flexibility index (Phi) is 4.95. The highest BCUT2D eigenvalue weighted by molar-refractivity contribution is 8.13. The molecule has 0 heterocycles.